The Balaban J connectivity index is 2.25. The van der Waals surface area contributed by atoms with Crippen LogP contribution >= 0.6 is 0 Å². The second-order valence-corrected chi connectivity index (χ2v) is 5.74. The maximum atomic E-state index is 12.6. The molecule has 0 radical (unpaired) electrons. The number of benzene rings is 1. The Bertz CT molecular complexity index is 678. The molecule has 0 saturated carbocycles. The third kappa shape index (κ3) is 3.08. The van der Waals surface area contributed by atoms with Crippen LogP contribution in [0.3, 0.4) is 0 Å². The standard InChI is InChI=1S/C12H11F2N3O2S/c13-12(14)20(18,19)11-4-2-1-3-10(11)16-7-9-5-6-15-8-17-9/h1-6,8,12,16H,7H2. The highest BCUT2D eigenvalue weighted by Gasteiger charge is 2.28. The number of para-hydroxylation sites is 1. The van der Waals surface area contributed by atoms with Gasteiger partial charge in [0.25, 0.3) is 0 Å². The van der Waals surface area contributed by atoms with Crippen LogP contribution in [0.15, 0.2) is 47.8 Å². The number of alkyl halides is 2. The van der Waals surface area contributed by atoms with Crippen LogP contribution in [-0.2, 0) is 16.4 Å². The predicted molar refractivity (Wildman–Crippen MR) is 69.0 cm³/mol. The van der Waals surface area contributed by atoms with E-state index in [0.29, 0.717) is 5.69 Å². The Morgan fingerprint density at radius 3 is 2.60 bits per heavy atom. The first-order valence-electron chi connectivity index (χ1n) is 5.61. The lowest BCUT2D eigenvalue weighted by molar-refractivity contribution is 0.235. The van der Waals surface area contributed by atoms with Crippen molar-refractivity contribution in [1.29, 1.82) is 0 Å². The van der Waals surface area contributed by atoms with Gasteiger partial charge in [0.1, 0.15) is 6.33 Å². The summed E-state index contributed by atoms with van der Waals surface area (Å²) >= 11 is 0. The van der Waals surface area contributed by atoms with E-state index in [1.165, 1.54) is 24.7 Å². The lowest BCUT2D eigenvalue weighted by Gasteiger charge is -2.11. The molecule has 0 aliphatic rings. The fourth-order valence-electron chi connectivity index (χ4n) is 1.57. The zero-order chi connectivity index (χ0) is 14.6. The van der Waals surface area contributed by atoms with Crippen molar-refractivity contribution in [2.45, 2.75) is 17.2 Å². The number of hydrogen-bond acceptors (Lipinski definition) is 5. The third-order valence-electron chi connectivity index (χ3n) is 2.53. The molecule has 0 amide bonds. The highest BCUT2D eigenvalue weighted by molar-refractivity contribution is 7.91. The lowest BCUT2D eigenvalue weighted by Crippen LogP contribution is -2.14. The number of sulfone groups is 1. The van der Waals surface area contributed by atoms with E-state index in [4.69, 9.17) is 0 Å². The summed E-state index contributed by atoms with van der Waals surface area (Å²) in [6.45, 7) is 0.207. The molecule has 0 atom stereocenters. The van der Waals surface area contributed by atoms with Gasteiger partial charge in [-0.2, -0.15) is 8.78 Å². The molecular weight excluding hydrogens is 288 g/mol. The van der Waals surface area contributed by atoms with Gasteiger partial charge in [0.15, 0.2) is 0 Å². The minimum absolute atomic E-state index is 0.117. The summed E-state index contributed by atoms with van der Waals surface area (Å²) in [5.41, 5.74) is 0.732. The van der Waals surface area contributed by atoms with Gasteiger partial charge in [-0.1, -0.05) is 12.1 Å². The van der Waals surface area contributed by atoms with E-state index in [2.05, 4.69) is 15.3 Å². The van der Waals surface area contributed by atoms with Gasteiger partial charge in [-0.3, -0.25) is 0 Å². The van der Waals surface area contributed by atoms with Crippen LogP contribution in [0, 0.1) is 0 Å². The molecule has 1 aromatic heterocycles. The fraction of sp³-hybridized carbons (Fsp3) is 0.167. The second-order valence-electron chi connectivity index (χ2n) is 3.86. The average Bonchev–Trinajstić information content (AvgIpc) is 2.46. The van der Waals surface area contributed by atoms with Crippen LogP contribution in [0.4, 0.5) is 14.5 Å². The van der Waals surface area contributed by atoms with E-state index in [-0.39, 0.29) is 12.2 Å². The molecule has 0 spiro atoms. The van der Waals surface area contributed by atoms with Crippen LogP contribution in [0.2, 0.25) is 0 Å². The Hall–Kier alpha value is -2.09. The van der Waals surface area contributed by atoms with Gasteiger partial charge in [-0.05, 0) is 18.2 Å². The van der Waals surface area contributed by atoms with Gasteiger partial charge in [0.2, 0.25) is 9.84 Å². The van der Waals surface area contributed by atoms with Crippen molar-refractivity contribution in [3.05, 3.63) is 48.5 Å². The van der Waals surface area contributed by atoms with Crippen molar-refractivity contribution in [2.24, 2.45) is 0 Å². The van der Waals surface area contributed by atoms with Gasteiger partial charge in [-0.15, -0.1) is 0 Å². The maximum Gasteiger partial charge on any atom is 0.341 e. The Morgan fingerprint density at radius 1 is 1.20 bits per heavy atom. The fourth-order valence-corrected chi connectivity index (χ4v) is 2.47. The Labute approximate surface area is 114 Å². The smallest absolute Gasteiger partial charge is 0.341 e. The molecule has 0 unspecified atom stereocenters. The van der Waals surface area contributed by atoms with E-state index in [9.17, 15) is 17.2 Å². The largest absolute Gasteiger partial charge is 0.378 e. The molecular formula is C12H11F2N3O2S. The van der Waals surface area contributed by atoms with Crippen LogP contribution in [0.1, 0.15) is 5.69 Å². The molecule has 8 heteroatoms. The predicted octanol–water partition coefficient (Wildman–Crippen LogP) is 2.08. The van der Waals surface area contributed by atoms with E-state index in [0.717, 1.165) is 6.07 Å². The van der Waals surface area contributed by atoms with Crippen LogP contribution in [-0.4, -0.2) is 24.1 Å². The molecule has 2 rings (SSSR count). The normalized spacial score (nSPS) is 11.6. The minimum atomic E-state index is -4.64. The zero-order valence-corrected chi connectivity index (χ0v) is 11.0. The van der Waals surface area contributed by atoms with Crippen molar-refractivity contribution in [2.75, 3.05) is 5.32 Å². The molecule has 1 aromatic carbocycles. The monoisotopic (exact) mass is 299 g/mol. The number of aromatic nitrogens is 2. The highest BCUT2D eigenvalue weighted by Crippen LogP contribution is 2.26. The van der Waals surface area contributed by atoms with Crippen LogP contribution in [0.25, 0.3) is 0 Å². The Morgan fingerprint density at radius 2 is 1.95 bits per heavy atom. The average molecular weight is 299 g/mol. The quantitative estimate of drug-likeness (QED) is 0.915. The maximum absolute atomic E-state index is 12.6. The van der Waals surface area contributed by atoms with Gasteiger partial charge in [0.05, 0.1) is 22.8 Å². The summed E-state index contributed by atoms with van der Waals surface area (Å²) < 4.78 is 48.3. The van der Waals surface area contributed by atoms with Gasteiger partial charge >= 0.3 is 5.76 Å². The molecule has 0 aliphatic heterocycles. The summed E-state index contributed by atoms with van der Waals surface area (Å²) in [6, 6.07) is 7.16. The number of halogens is 2. The van der Waals surface area contributed by atoms with Gasteiger partial charge in [0, 0.05) is 6.20 Å². The Kier molecular flexibility index (Phi) is 4.23. The molecule has 0 bridgehead atoms. The number of nitrogens with zero attached hydrogens (tertiary/aromatic N) is 2. The molecule has 0 aliphatic carbocycles. The van der Waals surface area contributed by atoms with Gasteiger partial charge < -0.3 is 5.32 Å². The number of nitrogens with one attached hydrogen (secondary N) is 1. The van der Waals surface area contributed by atoms with Crippen molar-refractivity contribution >= 4 is 15.5 Å². The number of rotatable bonds is 5. The summed E-state index contributed by atoms with van der Waals surface area (Å²) in [5.74, 6) is -3.45. The van der Waals surface area contributed by atoms with E-state index in [1.807, 2.05) is 0 Å². The molecule has 20 heavy (non-hydrogen) atoms. The summed E-state index contributed by atoms with van der Waals surface area (Å²) in [4.78, 5) is 7.27. The SMILES string of the molecule is O=S(=O)(c1ccccc1NCc1ccncn1)C(F)F. The van der Waals surface area contributed by atoms with Crippen LogP contribution < -0.4 is 5.32 Å². The molecule has 106 valence electrons. The van der Waals surface area contributed by atoms with E-state index in [1.54, 1.807) is 12.1 Å². The summed E-state index contributed by atoms with van der Waals surface area (Å²) in [5, 5.41) is 2.79. The third-order valence-corrected chi connectivity index (χ3v) is 3.97. The molecule has 5 nitrogen and oxygen atoms in total. The molecule has 1 N–H and O–H groups in total. The molecule has 1 heterocycles. The van der Waals surface area contributed by atoms with Crippen molar-refractivity contribution in [3.63, 3.8) is 0 Å². The first kappa shape index (κ1) is 14.3. The highest BCUT2D eigenvalue weighted by atomic mass is 32.2. The first-order valence-corrected chi connectivity index (χ1v) is 7.16. The van der Waals surface area contributed by atoms with Crippen LogP contribution in [0.5, 0.6) is 0 Å². The van der Waals surface area contributed by atoms with Gasteiger partial charge in [-0.25, -0.2) is 18.4 Å². The second kappa shape index (κ2) is 5.91. The van der Waals surface area contributed by atoms with Crippen molar-refractivity contribution < 1.29 is 17.2 Å². The van der Waals surface area contributed by atoms with E-state index < -0.39 is 20.5 Å². The minimum Gasteiger partial charge on any atom is -0.378 e. The molecule has 0 saturated heterocycles. The molecule has 2 aromatic rings. The zero-order valence-electron chi connectivity index (χ0n) is 10.2. The molecule has 0 fully saturated rings. The van der Waals surface area contributed by atoms with Crippen molar-refractivity contribution in [3.8, 4) is 0 Å². The summed E-state index contributed by atoms with van der Waals surface area (Å²) in [7, 11) is -4.64. The first-order chi connectivity index (χ1) is 9.51. The van der Waals surface area contributed by atoms with Crippen molar-refractivity contribution in [1.82, 2.24) is 9.97 Å². The lowest BCUT2D eigenvalue weighted by atomic mass is 10.3. The number of hydrogen-bond donors (Lipinski definition) is 1. The topological polar surface area (TPSA) is 72.0 Å². The summed E-state index contributed by atoms with van der Waals surface area (Å²) in [6.07, 6.45) is 2.88. The number of anilines is 1. The van der Waals surface area contributed by atoms with E-state index >= 15 is 0 Å².